The third-order valence-electron chi connectivity index (χ3n) is 3.12. The molecule has 0 aliphatic carbocycles. The minimum atomic E-state index is -0.371. The van der Waals surface area contributed by atoms with Crippen molar-refractivity contribution < 1.29 is 9.32 Å². The van der Waals surface area contributed by atoms with Crippen molar-refractivity contribution in [3.8, 4) is 5.69 Å². The van der Waals surface area contributed by atoms with Crippen molar-refractivity contribution in [3.63, 3.8) is 0 Å². The zero-order valence-electron chi connectivity index (χ0n) is 13.2. The topological polar surface area (TPSA) is 73.0 Å². The molecule has 1 atom stereocenters. The van der Waals surface area contributed by atoms with Crippen LogP contribution in [0.4, 0.5) is 5.88 Å². The minimum absolute atomic E-state index is 0.194. The fraction of sp³-hybridized carbons (Fsp3) is 0.200. The molecule has 2 aromatic heterocycles. The number of halogens is 1. The molecule has 0 aliphatic rings. The minimum Gasteiger partial charge on any atom is -0.338 e. The van der Waals surface area contributed by atoms with Crippen LogP contribution in [0.5, 0.6) is 0 Å². The Morgan fingerprint density at radius 2 is 2.16 bits per heavy atom. The molecule has 0 spiro atoms. The van der Waals surface area contributed by atoms with Gasteiger partial charge >= 0.3 is 0 Å². The van der Waals surface area contributed by atoms with Crippen molar-refractivity contribution in [3.05, 3.63) is 45.0 Å². The first-order valence-electron chi connectivity index (χ1n) is 7.19. The van der Waals surface area contributed by atoms with Crippen molar-refractivity contribution in [1.29, 1.82) is 0 Å². The molecule has 0 saturated heterocycles. The normalized spacial score (nSPS) is 12.1. The zero-order chi connectivity index (χ0) is 18.0. The van der Waals surface area contributed by atoms with E-state index in [1.54, 1.807) is 36.7 Å². The smallest absolute Gasteiger partial charge is 0.240 e. The van der Waals surface area contributed by atoms with E-state index in [1.807, 2.05) is 12.1 Å². The highest BCUT2D eigenvalue weighted by atomic mass is 35.5. The van der Waals surface area contributed by atoms with Crippen molar-refractivity contribution in [2.75, 3.05) is 5.32 Å². The second-order valence-corrected chi connectivity index (χ2v) is 8.75. The Bertz CT molecular complexity index is 948. The van der Waals surface area contributed by atoms with Crippen LogP contribution in [0.2, 0.25) is 5.02 Å². The van der Waals surface area contributed by atoms with Crippen LogP contribution in [0.1, 0.15) is 12.6 Å². The van der Waals surface area contributed by atoms with Gasteiger partial charge in [-0.15, -0.1) is 5.10 Å². The fourth-order valence-corrected chi connectivity index (χ4v) is 4.54. The van der Waals surface area contributed by atoms with Crippen molar-refractivity contribution in [1.82, 2.24) is 14.9 Å². The highest BCUT2D eigenvalue weighted by Gasteiger charge is 2.19. The Labute approximate surface area is 162 Å². The van der Waals surface area contributed by atoms with E-state index in [-0.39, 0.29) is 11.2 Å². The van der Waals surface area contributed by atoms with E-state index in [1.165, 1.54) is 23.1 Å². The van der Waals surface area contributed by atoms with E-state index < -0.39 is 0 Å². The van der Waals surface area contributed by atoms with E-state index in [2.05, 4.69) is 15.6 Å². The number of nitrogens with one attached hydrogen (secondary N) is 1. The van der Waals surface area contributed by atoms with Gasteiger partial charge in [0.2, 0.25) is 11.8 Å². The van der Waals surface area contributed by atoms with Crippen LogP contribution in [0.25, 0.3) is 5.69 Å². The number of hydrogen-bond donors (Lipinski definition) is 1. The molecule has 1 aromatic carbocycles. The van der Waals surface area contributed by atoms with E-state index in [0.717, 1.165) is 5.69 Å². The summed E-state index contributed by atoms with van der Waals surface area (Å²) >= 11 is 13.9. The summed E-state index contributed by atoms with van der Waals surface area (Å²) in [6.07, 6.45) is 0. The maximum Gasteiger partial charge on any atom is 0.240 e. The highest BCUT2D eigenvalue weighted by Crippen LogP contribution is 2.28. The first-order valence-corrected chi connectivity index (χ1v) is 9.67. The molecule has 0 saturated carbocycles. The van der Waals surface area contributed by atoms with Crippen LogP contribution in [-0.4, -0.2) is 26.1 Å². The lowest BCUT2D eigenvalue weighted by Crippen LogP contribution is -2.22. The van der Waals surface area contributed by atoms with Gasteiger partial charge in [-0.2, -0.15) is 0 Å². The Morgan fingerprint density at radius 3 is 2.80 bits per heavy atom. The van der Waals surface area contributed by atoms with Crippen LogP contribution in [0.15, 0.2) is 39.2 Å². The number of rotatable bonds is 5. The van der Waals surface area contributed by atoms with Gasteiger partial charge in [-0.3, -0.25) is 10.1 Å². The largest absolute Gasteiger partial charge is 0.338 e. The van der Waals surface area contributed by atoms with E-state index in [0.29, 0.717) is 24.9 Å². The monoisotopic (exact) mass is 412 g/mol. The Morgan fingerprint density at radius 1 is 1.44 bits per heavy atom. The fourth-order valence-electron chi connectivity index (χ4n) is 1.90. The number of anilines is 1. The van der Waals surface area contributed by atoms with Crippen LogP contribution in [0, 0.1) is 10.9 Å². The van der Waals surface area contributed by atoms with E-state index in [9.17, 15) is 4.79 Å². The summed E-state index contributed by atoms with van der Waals surface area (Å²) in [5.74, 6) is 0.134. The lowest BCUT2D eigenvalue weighted by molar-refractivity contribution is -0.115. The number of aryl methyl sites for hydroxylation is 1. The Kier molecular flexibility index (Phi) is 5.57. The molecule has 10 heteroatoms. The summed E-state index contributed by atoms with van der Waals surface area (Å²) in [6, 6.07) is 8.90. The average molecular weight is 413 g/mol. The molecule has 1 amide bonds. The van der Waals surface area contributed by atoms with Crippen LogP contribution >= 0.6 is 46.9 Å². The summed E-state index contributed by atoms with van der Waals surface area (Å²) in [5.41, 5.74) is 1.53. The predicted molar refractivity (Wildman–Crippen MR) is 102 cm³/mol. The average Bonchev–Trinajstić information content (AvgIpc) is 3.13. The Hall–Kier alpha value is -1.68. The number of carbonyl (C=O) groups excluding carboxylic acids is 1. The molecule has 130 valence electrons. The standard InChI is InChI=1S/C15H13ClN4O2S3/c1-8-7-12(22-19-8)17-13(21)9(2)24-14-18-20(15(23)25-14)11-5-3-10(16)4-6-11/h3-7,9H,1-2H3,(H,17,21). The van der Waals surface area contributed by atoms with Crippen LogP contribution in [-0.2, 0) is 4.79 Å². The molecule has 0 aliphatic heterocycles. The van der Waals surface area contributed by atoms with Gasteiger partial charge in [-0.25, -0.2) is 4.68 Å². The molecule has 0 radical (unpaired) electrons. The predicted octanol–water partition coefficient (Wildman–Crippen LogP) is 4.73. The lowest BCUT2D eigenvalue weighted by atomic mass is 10.3. The van der Waals surface area contributed by atoms with E-state index >= 15 is 0 Å². The maximum atomic E-state index is 12.2. The number of amides is 1. The number of benzene rings is 1. The van der Waals surface area contributed by atoms with Gasteiger partial charge in [0.05, 0.1) is 16.6 Å². The van der Waals surface area contributed by atoms with Crippen molar-refractivity contribution in [2.45, 2.75) is 23.4 Å². The molecule has 6 nitrogen and oxygen atoms in total. The van der Waals surface area contributed by atoms with Crippen molar-refractivity contribution in [2.24, 2.45) is 0 Å². The number of carbonyl (C=O) groups is 1. The summed E-state index contributed by atoms with van der Waals surface area (Å²) in [5, 5.41) is 11.2. The second-order valence-electron chi connectivity index (χ2n) is 5.10. The number of nitrogens with zero attached hydrogens (tertiary/aromatic N) is 3. The first kappa shape index (κ1) is 18.1. The Balaban J connectivity index is 1.70. The number of thioether (sulfide) groups is 1. The zero-order valence-corrected chi connectivity index (χ0v) is 16.4. The third-order valence-corrected chi connectivity index (χ3v) is 5.79. The maximum absolute atomic E-state index is 12.2. The van der Waals surface area contributed by atoms with Crippen molar-refractivity contribution >= 4 is 58.7 Å². The number of aromatic nitrogens is 3. The summed E-state index contributed by atoms with van der Waals surface area (Å²) in [7, 11) is 0. The molecule has 0 fully saturated rings. The summed E-state index contributed by atoms with van der Waals surface area (Å²) in [6.45, 7) is 3.58. The summed E-state index contributed by atoms with van der Waals surface area (Å²) < 4.78 is 7.95. The quantitative estimate of drug-likeness (QED) is 0.482. The number of hydrogen-bond acceptors (Lipinski definition) is 7. The van der Waals surface area contributed by atoms with Crippen LogP contribution < -0.4 is 5.32 Å². The van der Waals surface area contributed by atoms with E-state index in [4.69, 9.17) is 28.3 Å². The molecular formula is C15H13ClN4O2S3. The molecular weight excluding hydrogens is 400 g/mol. The van der Waals surface area contributed by atoms with Gasteiger partial charge in [0.15, 0.2) is 8.29 Å². The molecule has 3 rings (SSSR count). The van der Waals surface area contributed by atoms with Crippen LogP contribution in [0.3, 0.4) is 0 Å². The highest BCUT2D eigenvalue weighted by molar-refractivity contribution is 8.02. The SMILES string of the molecule is Cc1cc(NC(=O)C(C)Sc2nn(-c3ccc(Cl)cc3)c(=S)s2)on1. The van der Waals surface area contributed by atoms with Gasteiger partial charge in [0.1, 0.15) is 0 Å². The second kappa shape index (κ2) is 7.69. The molecule has 1 unspecified atom stereocenters. The molecule has 0 bridgehead atoms. The first-order chi connectivity index (χ1) is 11.9. The van der Waals surface area contributed by atoms with Gasteiger partial charge in [0.25, 0.3) is 0 Å². The molecule has 25 heavy (non-hydrogen) atoms. The lowest BCUT2D eigenvalue weighted by Gasteiger charge is -2.07. The van der Waals surface area contributed by atoms with Gasteiger partial charge in [-0.05, 0) is 50.3 Å². The molecule has 2 heterocycles. The van der Waals surface area contributed by atoms with Gasteiger partial charge < -0.3 is 4.52 Å². The molecule has 1 N–H and O–H groups in total. The molecule has 3 aromatic rings. The van der Waals surface area contributed by atoms with Gasteiger partial charge in [0, 0.05) is 11.1 Å². The third kappa shape index (κ3) is 4.49. The van der Waals surface area contributed by atoms with Gasteiger partial charge in [-0.1, -0.05) is 39.9 Å². The summed E-state index contributed by atoms with van der Waals surface area (Å²) in [4.78, 5) is 12.2.